The van der Waals surface area contributed by atoms with Crippen LogP contribution in [0.1, 0.15) is 51.7 Å². The number of nitrogens with zero attached hydrogens (tertiary/aromatic N) is 3. The van der Waals surface area contributed by atoms with Crippen molar-refractivity contribution in [2.75, 3.05) is 0 Å². The van der Waals surface area contributed by atoms with Crippen LogP contribution in [-0.4, -0.2) is 20.4 Å². The monoisotopic (exact) mass is 771 g/mol. The van der Waals surface area contributed by atoms with Crippen LogP contribution in [0.3, 0.4) is 0 Å². The van der Waals surface area contributed by atoms with E-state index in [1.807, 2.05) is 0 Å². The van der Waals surface area contributed by atoms with Crippen molar-refractivity contribution in [3.8, 4) is 28.6 Å². The second kappa shape index (κ2) is 11.8. The Balaban J connectivity index is 1.20. The maximum absolute atomic E-state index is 7.03. The summed E-state index contributed by atoms with van der Waals surface area (Å²) in [5, 5.41) is 7.55. The molecule has 60 heavy (non-hydrogen) atoms. The quantitative estimate of drug-likeness (QED) is 0.164. The molecule has 8 aromatic carbocycles. The van der Waals surface area contributed by atoms with Gasteiger partial charge in [-0.25, -0.2) is 0 Å². The molecular weight excluding hydrogens is 729 g/mol. The number of ether oxygens (including phenoxy) is 1. The molecule has 0 spiro atoms. The van der Waals surface area contributed by atoms with Gasteiger partial charge in [0.05, 0.1) is 27.6 Å². The van der Waals surface area contributed by atoms with Crippen LogP contribution in [0.2, 0.25) is 0 Å². The topological polar surface area (TPSA) is 24.0 Å². The van der Waals surface area contributed by atoms with Crippen molar-refractivity contribution < 1.29 is 4.74 Å². The zero-order valence-corrected chi connectivity index (χ0v) is 34.4. The lowest BCUT2D eigenvalue weighted by molar-refractivity contribution is 0.485. The third-order valence-electron chi connectivity index (χ3n) is 13.6. The molecule has 286 valence electrons. The highest BCUT2D eigenvalue weighted by molar-refractivity contribution is 6.99. The van der Waals surface area contributed by atoms with E-state index in [9.17, 15) is 0 Å². The maximum atomic E-state index is 7.03. The van der Waals surface area contributed by atoms with E-state index >= 15 is 0 Å². The summed E-state index contributed by atoms with van der Waals surface area (Å²) in [7, 11) is 0. The lowest BCUT2D eigenvalue weighted by atomic mass is 9.34. The second-order valence-electron chi connectivity index (χ2n) is 18.4. The number of aromatic nitrogens is 3. The van der Waals surface area contributed by atoms with Crippen molar-refractivity contribution in [1.82, 2.24) is 13.7 Å². The molecule has 5 heterocycles. The van der Waals surface area contributed by atoms with E-state index in [0.29, 0.717) is 5.92 Å². The van der Waals surface area contributed by atoms with Gasteiger partial charge in [0.15, 0.2) is 0 Å². The molecule has 0 unspecified atom stereocenters. The van der Waals surface area contributed by atoms with Gasteiger partial charge in [0, 0.05) is 54.9 Å². The summed E-state index contributed by atoms with van der Waals surface area (Å²) in [6.07, 6.45) is 0. The van der Waals surface area contributed by atoms with Gasteiger partial charge in [0.1, 0.15) is 11.5 Å². The Hall–Kier alpha value is -6.98. The molecule has 11 aromatic rings. The second-order valence-corrected chi connectivity index (χ2v) is 18.4. The minimum Gasteiger partial charge on any atom is -0.458 e. The molecule has 0 radical (unpaired) electrons. The summed E-state index contributed by atoms with van der Waals surface area (Å²) in [6, 6.07) is 59.1. The summed E-state index contributed by atoms with van der Waals surface area (Å²) >= 11 is 0. The zero-order chi connectivity index (χ0) is 40.2. The predicted octanol–water partition coefficient (Wildman–Crippen LogP) is 12.3. The van der Waals surface area contributed by atoms with E-state index in [1.165, 1.54) is 104 Å². The molecule has 0 bridgehead atoms. The van der Waals surface area contributed by atoms with Crippen molar-refractivity contribution in [3.63, 3.8) is 0 Å². The maximum Gasteiger partial charge on any atom is 0.256 e. The van der Waals surface area contributed by atoms with E-state index in [0.717, 1.165) is 17.2 Å². The fraction of sp³-hybridized carbons (Fsp3) is 0.127. The summed E-state index contributed by atoms with van der Waals surface area (Å²) in [5.41, 5.74) is 17.2. The van der Waals surface area contributed by atoms with Gasteiger partial charge in [0.25, 0.3) is 6.71 Å². The molecule has 4 nitrogen and oxygen atoms in total. The molecule has 0 N–H and O–H groups in total. The van der Waals surface area contributed by atoms with Gasteiger partial charge in [-0.1, -0.05) is 120 Å². The number of para-hydroxylation sites is 4. The lowest BCUT2D eigenvalue weighted by Crippen LogP contribution is -2.58. The standard InChI is InChI=1S/C55H42BN3O/c1-32(2)33-26-50-53-52(27-33)60-51-25-22-34(55(3,4)5)28-43(51)56(53)44-31-36(58-47-20-12-8-16-39(47)40-17-9-13-21-48(40)58)30-42-41-29-35(23-24-49(41)59(50)54(42)44)57-45-18-10-6-14-37(45)38-15-7-11-19-46(38)57/h6-32H,1-5H3. The molecular formula is C55H42BN3O. The third-order valence-corrected chi connectivity index (χ3v) is 13.6. The van der Waals surface area contributed by atoms with Gasteiger partial charge >= 0.3 is 0 Å². The number of hydrogen-bond acceptors (Lipinski definition) is 1. The molecule has 5 heteroatoms. The van der Waals surface area contributed by atoms with E-state index < -0.39 is 0 Å². The minimum atomic E-state index is -0.0218. The first-order chi connectivity index (χ1) is 29.2. The number of benzene rings is 8. The molecule has 2 aliphatic rings. The summed E-state index contributed by atoms with van der Waals surface area (Å²) in [4.78, 5) is 0. The normalized spacial score (nSPS) is 13.3. The number of fused-ring (bicyclic) bond motifs is 13. The zero-order valence-electron chi connectivity index (χ0n) is 34.4. The third kappa shape index (κ3) is 4.47. The van der Waals surface area contributed by atoms with Crippen LogP contribution >= 0.6 is 0 Å². The van der Waals surface area contributed by atoms with Gasteiger partial charge in [-0.15, -0.1) is 0 Å². The molecule has 0 saturated heterocycles. The van der Waals surface area contributed by atoms with E-state index in [-0.39, 0.29) is 12.1 Å². The molecule has 0 saturated carbocycles. The van der Waals surface area contributed by atoms with E-state index in [1.54, 1.807) is 0 Å². The number of hydrogen-bond donors (Lipinski definition) is 0. The predicted molar refractivity (Wildman–Crippen MR) is 253 cm³/mol. The van der Waals surface area contributed by atoms with E-state index in [2.05, 4.69) is 206 Å². The molecule has 2 aliphatic heterocycles. The summed E-state index contributed by atoms with van der Waals surface area (Å²) in [6.45, 7) is 11.5. The Morgan fingerprint density at radius 3 is 1.60 bits per heavy atom. The SMILES string of the molecule is CC(C)c1cc2c3c(c1)-n1c4ccc(-n5c6ccccc6c6ccccc65)cc4c4cc(-n5c6ccccc6c6ccccc65)cc(c41)B3c1cc(C(C)(C)C)ccc1O2. The van der Waals surface area contributed by atoms with Crippen molar-refractivity contribution in [2.24, 2.45) is 0 Å². The van der Waals surface area contributed by atoms with Crippen LogP contribution in [0.15, 0.2) is 158 Å². The molecule has 0 fully saturated rings. The number of rotatable bonds is 3. The molecule has 0 aliphatic carbocycles. The lowest BCUT2D eigenvalue weighted by Gasteiger charge is -2.35. The Kier molecular flexibility index (Phi) is 6.69. The molecule has 0 amide bonds. The molecule has 3 aromatic heterocycles. The highest BCUT2D eigenvalue weighted by atomic mass is 16.5. The minimum absolute atomic E-state index is 0.0213. The largest absolute Gasteiger partial charge is 0.458 e. The molecule has 13 rings (SSSR count). The van der Waals surface area contributed by atoms with Gasteiger partial charge in [-0.05, 0) is 112 Å². The van der Waals surface area contributed by atoms with E-state index in [4.69, 9.17) is 4.74 Å². The highest BCUT2D eigenvalue weighted by Crippen LogP contribution is 2.43. The Labute approximate surface area is 348 Å². The van der Waals surface area contributed by atoms with Crippen molar-refractivity contribution in [3.05, 3.63) is 169 Å². The average Bonchev–Trinajstić information content (AvgIpc) is 3.90. The van der Waals surface area contributed by atoms with Gasteiger partial charge in [-0.3, -0.25) is 0 Å². The summed E-state index contributed by atoms with van der Waals surface area (Å²) in [5.74, 6) is 2.24. The Morgan fingerprint density at radius 2 is 1.02 bits per heavy atom. The average molecular weight is 772 g/mol. The fourth-order valence-corrected chi connectivity index (χ4v) is 10.7. The van der Waals surface area contributed by atoms with Crippen LogP contribution in [-0.2, 0) is 5.41 Å². The van der Waals surface area contributed by atoms with Gasteiger partial charge in [0.2, 0.25) is 0 Å². The molecule has 0 atom stereocenters. The smallest absolute Gasteiger partial charge is 0.256 e. The van der Waals surface area contributed by atoms with Crippen LogP contribution in [0.4, 0.5) is 0 Å². The van der Waals surface area contributed by atoms with Crippen LogP contribution < -0.4 is 21.1 Å². The van der Waals surface area contributed by atoms with Crippen LogP contribution in [0, 0.1) is 0 Å². The Bertz CT molecular complexity index is 3560. The van der Waals surface area contributed by atoms with Crippen LogP contribution in [0.5, 0.6) is 11.5 Å². The summed E-state index contributed by atoms with van der Waals surface area (Å²) < 4.78 is 14.5. The van der Waals surface area contributed by atoms with Crippen molar-refractivity contribution >= 4 is 88.5 Å². The van der Waals surface area contributed by atoms with Crippen molar-refractivity contribution in [2.45, 2.75) is 46.0 Å². The highest BCUT2D eigenvalue weighted by Gasteiger charge is 2.42. The van der Waals surface area contributed by atoms with Crippen LogP contribution in [0.25, 0.3) is 82.5 Å². The first-order valence-electron chi connectivity index (χ1n) is 21.3. The first kappa shape index (κ1) is 33.9. The van der Waals surface area contributed by atoms with Crippen molar-refractivity contribution in [1.29, 1.82) is 0 Å². The van der Waals surface area contributed by atoms with Gasteiger partial charge < -0.3 is 18.4 Å². The fourth-order valence-electron chi connectivity index (χ4n) is 10.7. The van der Waals surface area contributed by atoms with Gasteiger partial charge in [-0.2, -0.15) is 0 Å². The Morgan fingerprint density at radius 1 is 0.467 bits per heavy atom. The first-order valence-corrected chi connectivity index (χ1v) is 21.3.